The number of aromatic hydroxyl groups is 2. The molecular weight excluding hydrogens is 332 g/mol. The standard InChI is InChI=1S/C17H20O4S2/c18-14-1-5-16(6-2-14)22-11-9-20-13-21-10-12-23-17-7-3-15(19)4-8-17/h1-8,18-19H,9-13H2. The van der Waals surface area contributed by atoms with Crippen molar-refractivity contribution in [2.45, 2.75) is 9.79 Å². The molecule has 2 rings (SSSR count). The predicted molar refractivity (Wildman–Crippen MR) is 94.4 cm³/mol. The molecule has 6 heteroatoms. The topological polar surface area (TPSA) is 58.9 Å². The van der Waals surface area contributed by atoms with Crippen molar-refractivity contribution < 1.29 is 19.7 Å². The van der Waals surface area contributed by atoms with Crippen LogP contribution in [0.15, 0.2) is 58.3 Å². The van der Waals surface area contributed by atoms with E-state index in [4.69, 9.17) is 9.47 Å². The fourth-order valence-corrected chi connectivity index (χ4v) is 3.23. The minimum absolute atomic E-state index is 0.282. The molecule has 0 aromatic heterocycles. The van der Waals surface area contributed by atoms with E-state index in [9.17, 15) is 10.2 Å². The second kappa shape index (κ2) is 10.4. The van der Waals surface area contributed by atoms with E-state index in [-0.39, 0.29) is 11.5 Å². The lowest BCUT2D eigenvalue weighted by Gasteiger charge is -2.06. The molecule has 0 radical (unpaired) electrons. The molecule has 23 heavy (non-hydrogen) atoms. The van der Waals surface area contributed by atoms with Gasteiger partial charge in [-0.05, 0) is 48.5 Å². The second-order valence-electron chi connectivity index (χ2n) is 4.62. The molecule has 0 saturated heterocycles. The Morgan fingerprint density at radius 2 is 1.04 bits per heavy atom. The van der Waals surface area contributed by atoms with E-state index >= 15 is 0 Å². The molecule has 0 aliphatic carbocycles. The average Bonchev–Trinajstić information content (AvgIpc) is 2.56. The van der Waals surface area contributed by atoms with Gasteiger partial charge in [-0.25, -0.2) is 0 Å². The van der Waals surface area contributed by atoms with Crippen molar-refractivity contribution in [3.05, 3.63) is 48.5 Å². The minimum Gasteiger partial charge on any atom is -0.508 e. The maximum Gasteiger partial charge on any atom is 0.146 e. The maximum atomic E-state index is 9.19. The Bertz CT molecular complexity index is 506. The summed E-state index contributed by atoms with van der Waals surface area (Å²) >= 11 is 3.36. The van der Waals surface area contributed by atoms with Gasteiger partial charge in [-0.1, -0.05) is 0 Å². The van der Waals surface area contributed by atoms with Gasteiger partial charge < -0.3 is 19.7 Å². The monoisotopic (exact) mass is 352 g/mol. The molecule has 4 nitrogen and oxygen atoms in total. The third-order valence-corrected chi connectivity index (χ3v) is 4.79. The summed E-state index contributed by atoms with van der Waals surface area (Å²) in [6.07, 6.45) is 0. The fourth-order valence-electron chi connectivity index (χ4n) is 1.70. The fraction of sp³-hybridized carbons (Fsp3) is 0.294. The number of ether oxygens (including phenoxy) is 2. The summed E-state index contributed by atoms with van der Waals surface area (Å²) in [5, 5.41) is 18.4. The molecule has 2 aromatic carbocycles. The molecule has 2 N–H and O–H groups in total. The Hall–Kier alpha value is -1.34. The van der Waals surface area contributed by atoms with Crippen LogP contribution in [0.3, 0.4) is 0 Å². The van der Waals surface area contributed by atoms with Gasteiger partial charge in [-0.15, -0.1) is 23.5 Å². The van der Waals surface area contributed by atoms with Gasteiger partial charge in [0.1, 0.15) is 18.3 Å². The zero-order chi connectivity index (χ0) is 16.3. The van der Waals surface area contributed by atoms with Crippen molar-refractivity contribution in [1.29, 1.82) is 0 Å². The van der Waals surface area contributed by atoms with E-state index < -0.39 is 0 Å². The first-order chi connectivity index (χ1) is 11.2. The number of rotatable bonds is 10. The number of phenols is 2. The molecule has 124 valence electrons. The predicted octanol–water partition coefficient (Wildman–Crippen LogP) is 3.97. The minimum atomic E-state index is 0.282. The molecular formula is C17H20O4S2. The Morgan fingerprint density at radius 3 is 1.43 bits per heavy atom. The van der Waals surface area contributed by atoms with Crippen molar-refractivity contribution >= 4 is 23.5 Å². The summed E-state index contributed by atoms with van der Waals surface area (Å²) in [5.41, 5.74) is 0. The lowest BCUT2D eigenvalue weighted by molar-refractivity contribution is -0.0426. The first kappa shape index (κ1) is 18.0. The van der Waals surface area contributed by atoms with Gasteiger partial charge in [0.2, 0.25) is 0 Å². The van der Waals surface area contributed by atoms with Crippen LogP contribution in [-0.2, 0) is 9.47 Å². The van der Waals surface area contributed by atoms with E-state index in [1.165, 1.54) is 0 Å². The van der Waals surface area contributed by atoms with E-state index in [0.29, 0.717) is 20.0 Å². The third-order valence-electron chi connectivity index (χ3n) is 2.83. The zero-order valence-corrected chi connectivity index (χ0v) is 14.3. The highest BCUT2D eigenvalue weighted by Crippen LogP contribution is 2.21. The summed E-state index contributed by atoms with van der Waals surface area (Å²) in [7, 11) is 0. The summed E-state index contributed by atoms with van der Waals surface area (Å²) < 4.78 is 10.8. The number of hydrogen-bond donors (Lipinski definition) is 2. The molecule has 0 aliphatic rings. The maximum absolute atomic E-state index is 9.19. The highest BCUT2D eigenvalue weighted by Gasteiger charge is 1.97. The van der Waals surface area contributed by atoms with Crippen LogP contribution in [0.25, 0.3) is 0 Å². The van der Waals surface area contributed by atoms with Gasteiger partial charge in [0.05, 0.1) is 13.2 Å². The molecule has 2 aromatic rings. The smallest absolute Gasteiger partial charge is 0.146 e. The van der Waals surface area contributed by atoms with Crippen LogP contribution < -0.4 is 0 Å². The highest BCUT2D eigenvalue weighted by molar-refractivity contribution is 7.99. The van der Waals surface area contributed by atoms with Gasteiger partial charge in [-0.2, -0.15) is 0 Å². The molecule has 0 heterocycles. The molecule has 0 atom stereocenters. The number of thioether (sulfide) groups is 2. The molecule has 0 saturated carbocycles. The van der Waals surface area contributed by atoms with Gasteiger partial charge in [0, 0.05) is 21.3 Å². The summed E-state index contributed by atoms with van der Waals surface area (Å²) in [4.78, 5) is 2.22. The summed E-state index contributed by atoms with van der Waals surface area (Å²) in [6.45, 7) is 1.54. The first-order valence-electron chi connectivity index (χ1n) is 7.23. The number of benzene rings is 2. The van der Waals surface area contributed by atoms with Crippen molar-refractivity contribution in [3.63, 3.8) is 0 Å². The molecule has 0 bridgehead atoms. The van der Waals surface area contributed by atoms with Crippen LogP contribution in [0.2, 0.25) is 0 Å². The van der Waals surface area contributed by atoms with Crippen LogP contribution in [-0.4, -0.2) is 41.7 Å². The Kier molecular flexibility index (Phi) is 8.17. The van der Waals surface area contributed by atoms with Gasteiger partial charge >= 0.3 is 0 Å². The van der Waals surface area contributed by atoms with Crippen LogP contribution in [0.5, 0.6) is 11.5 Å². The van der Waals surface area contributed by atoms with Crippen molar-refractivity contribution in [2.24, 2.45) is 0 Å². The quantitative estimate of drug-likeness (QED) is 0.383. The first-order valence-corrected chi connectivity index (χ1v) is 9.20. The van der Waals surface area contributed by atoms with E-state index in [0.717, 1.165) is 21.3 Å². The van der Waals surface area contributed by atoms with E-state index in [1.807, 2.05) is 24.3 Å². The van der Waals surface area contributed by atoms with Crippen molar-refractivity contribution in [3.8, 4) is 11.5 Å². The molecule has 0 aliphatic heterocycles. The zero-order valence-electron chi connectivity index (χ0n) is 12.7. The van der Waals surface area contributed by atoms with Gasteiger partial charge in [0.15, 0.2) is 0 Å². The molecule has 0 amide bonds. The molecule has 0 unspecified atom stereocenters. The Labute approximate surface area is 144 Å². The van der Waals surface area contributed by atoms with Crippen LogP contribution >= 0.6 is 23.5 Å². The Balaban J connectivity index is 1.43. The lowest BCUT2D eigenvalue weighted by atomic mass is 10.3. The molecule has 0 fully saturated rings. The second-order valence-corrected chi connectivity index (χ2v) is 6.96. The largest absolute Gasteiger partial charge is 0.508 e. The highest BCUT2D eigenvalue weighted by atomic mass is 32.2. The van der Waals surface area contributed by atoms with Crippen molar-refractivity contribution in [2.75, 3.05) is 31.5 Å². The normalized spacial score (nSPS) is 10.8. The summed E-state index contributed by atoms with van der Waals surface area (Å²) in [6, 6.07) is 14.3. The van der Waals surface area contributed by atoms with Gasteiger partial charge in [0.25, 0.3) is 0 Å². The van der Waals surface area contributed by atoms with Crippen molar-refractivity contribution in [1.82, 2.24) is 0 Å². The Morgan fingerprint density at radius 1 is 0.652 bits per heavy atom. The van der Waals surface area contributed by atoms with Crippen LogP contribution in [0.1, 0.15) is 0 Å². The van der Waals surface area contributed by atoms with Gasteiger partial charge in [-0.3, -0.25) is 0 Å². The van der Waals surface area contributed by atoms with Crippen LogP contribution in [0.4, 0.5) is 0 Å². The number of phenolic OH excluding ortho intramolecular Hbond substituents is 2. The van der Waals surface area contributed by atoms with E-state index in [2.05, 4.69) is 0 Å². The number of hydrogen-bond acceptors (Lipinski definition) is 6. The average molecular weight is 352 g/mol. The summed E-state index contributed by atoms with van der Waals surface area (Å²) in [5.74, 6) is 2.25. The van der Waals surface area contributed by atoms with E-state index in [1.54, 1.807) is 47.8 Å². The van der Waals surface area contributed by atoms with Crippen LogP contribution in [0, 0.1) is 0 Å². The molecule has 0 spiro atoms. The SMILES string of the molecule is Oc1ccc(SCCOCOCCSc2ccc(O)cc2)cc1. The lowest BCUT2D eigenvalue weighted by Crippen LogP contribution is -2.05. The third kappa shape index (κ3) is 7.65.